The standard InChI is InChI=1S/C22H22N2O2S2/c1-13-9-11-14(12-10-13)24-21(26)19-15-5-4-8-17(15)27-20(19)23-22(24)28-18-7-3-2-6-16(18)25/h9-12,18H,2-8H2,1H3/t18-/m0/s1. The van der Waals surface area contributed by atoms with Gasteiger partial charge in [0.1, 0.15) is 10.6 Å². The fourth-order valence-electron chi connectivity index (χ4n) is 4.23. The van der Waals surface area contributed by atoms with Crippen LogP contribution in [0.5, 0.6) is 0 Å². The number of ketones is 1. The summed E-state index contributed by atoms with van der Waals surface area (Å²) >= 11 is 3.14. The van der Waals surface area contributed by atoms with Crippen molar-refractivity contribution in [3.8, 4) is 5.69 Å². The topological polar surface area (TPSA) is 52.0 Å². The van der Waals surface area contributed by atoms with Crippen molar-refractivity contribution in [3.63, 3.8) is 0 Å². The average molecular weight is 411 g/mol. The van der Waals surface area contributed by atoms with E-state index in [9.17, 15) is 9.59 Å². The highest BCUT2D eigenvalue weighted by Gasteiger charge is 2.28. The van der Waals surface area contributed by atoms with E-state index in [2.05, 4.69) is 0 Å². The van der Waals surface area contributed by atoms with Crippen molar-refractivity contribution in [1.29, 1.82) is 0 Å². The summed E-state index contributed by atoms with van der Waals surface area (Å²) < 4.78 is 1.74. The van der Waals surface area contributed by atoms with Gasteiger partial charge in [0, 0.05) is 11.3 Å². The molecule has 0 N–H and O–H groups in total. The fourth-order valence-corrected chi connectivity index (χ4v) is 6.76. The lowest BCUT2D eigenvalue weighted by Gasteiger charge is -2.21. The van der Waals surface area contributed by atoms with Crippen LogP contribution in [0.4, 0.5) is 0 Å². The number of thiophene rings is 1. The second-order valence-corrected chi connectivity index (χ2v) is 9.98. The molecule has 5 rings (SSSR count). The Kier molecular flexibility index (Phi) is 4.63. The van der Waals surface area contributed by atoms with E-state index in [1.54, 1.807) is 15.9 Å². The van der Waals surface area contributed by atoms with E-state index >= 15 is 0 Å². The normalized spacial score (nSPS) is 19.3. The van der Waals surface area contributed by atoms with E-state index in [1.807, 2.05) is 31.2 Å². The Morgan fingerprint density at radius 2 is 1.89 bits per heavy atom. The first-order chi connectivity index (χ1) is 13.6. The van der Waals surface area contributed by atoms with Crippen LogP contribution in [0.2, 0.25) is 0 Å². The number of rotatable bonds is 3. The van der Waals surface area contributed by atoms with Crippen molar-refractivity contribution in [2.75, 3.05) is 0 Å². The molecule has 1 aromatic carbocycles. The van der Waals surface area contributed by atoms with Gasteiger partial charge in [-0.2, -0.15) is 0 Å². The number of benzene rings is 1. The molecule has 6 heteroatoms. The van der Waals surface area contributed by atoms with E-state index in [-0.39, 0.29) is 16.6 Å². The zero-order valence-electron chi connectivity index (χ0n) is 15.9. The van der Waals surface area contributed by atoms with Crippen molar-refractivity contribution in [2.45, 2.75) is 62.3 Å². The maximum Gasteiger partial charge on any atom is 0.267 e. The molecule has 2 aromatic heterocycles. The molecule has 0 saturated heterocycles. The van der Waals surface area contributed by atoms with Gasteiger partial charge in [0.2, 0.25) is 0 Å². The van der Waals surface area contributed by atoms with Crippen LogP contribution in [0, 0.1) is 6.92 Å². The summed E-state index contributed by atoms with van der Waals surface area (Å²) in [5, 5.41) is 1.35. The van der Waals surface area contributed by atoms with Crippen molar-refractivity contribution in [3.05, 3.63) is 50.6 Å². The molecule has 0 spiro atoms. The van der Waals surface area contributed by atoms with E-state index in [1.165, 1.54) is 22.2 Å². The predicted octanol–water partition coefficient (Wildman–Crippen LogP) is 4.85. The summed E-state index contributed by atoms with van der Waals surface area (Å²) in [5.74, 6) is 0.287. The van der Waals surface area contributed by atoms with E-state index in [0.717, 1.165) is 60.0 Å². The van der Waals surface area contributed by atoms with Gasteiger partial charge in [-0.15, -0.1) is 11.3 Å². The summed E-state index contributed by atoms with van der Waals surface area (Å²) in [6.07, 6.45) is 6.68. The van der Waals surface area contributed by atoms with Gasteiger partial charge in [-0.25, -0.2) is 4.98 Å². The molecule has 3 aromatic rings. The number of nitrogens with zero attached hydrogens (tertiary/aromatic N) is 2. The molecule has 28 heavy (non-hydrogen) atoms. The molecule has 0 bridgehead atoms. The van der Waals surface area contributed by atoms with E-state index in [4.69, 9.17) is 4.98 Å². The van der Waals surface area contributed by atoms with Gasteiger partial charge in [0.15, 0.2) is 5.16 Å². The van der Waals surface area contributed by atoms with Gasteiger partial charge < -0.3 is 0 Å². The maximum absolute atomic E-state index is 13.6. The summed E-state index contributed by atoms with van der Waals surface area (Å²) in [6.45, 7) is 2.04. The van der Waals surface area contributed by atoms with E-state index in [0.29, 0.717) is 11.6 Å². The van der Waals surface area contributed by atoms with Crippen molar-refractivity contribution in [2.24, 2.45) is 0 Å². The Hall–Kier alpha value is -1.92. The second-order valence-electron chi connectivity index (χ2n) is 7.73. The first kappa shape index (κ1) is 18.1. The monoisotopic (exact) mass is 410 g/mol. The molecule has 2 aliphatic carbocycles. The van der Waals surface area contributed by atoms with Gasteiger partial charge >= 0.3 is 0 Å². The maximum atomic E-state index is 13.6. The third-order valence-corrected chi connectivity index (χ3v) is 8.20. The molecular weight excluding hydrogens is 388 g/mol. The van der Waals surface area contributed by atoms with Crippen LogP contribution in [-0.4, -0.2) is 20.6 Å². The van der Waals surface area contributed by atoms with Crippen molar-refractivity contribution in [1.82, 2.24) is 9.55 Å². The molecule has 0 radical (unpaired) electrons. The molecule has 4 nitrogen and oxygen atoms in total. The lowest BCUT2D eigenvalue weighted by Crippen LogP contribution is -2.26. The molecule has 0 unspecified atom stereocenters. The van der Waals surface area contributed by atoms with Crippen LogP contribution in [0.3, 0.4) is 0 Å². The molecular formula is C22H22N2O2S2. The molecule has 1 saturated carbocycles. The number of Topliss-reactive ketones (excluding diaryl/α,β-unsaturated/α-hetero) is 1. The van der Waals surface area contributed by atoms with Crippen molar-refractivity contribution >= 4 is 39.1 Å². The lowest BCUT2D eigenvalue weighted by atomic mass is 9.99. The summed E-state index contributed by atoms with van der Waals surface area (Å²) in [6, 6.07) is 7.99. The highest BCUT2D eigenvalue weighted by Crippen LogP contribution is 2.37. The van der Waals surface area contributed by atoms with Gasteiger partial charge in [-0.05, 0) is 56.7 Å². The van der Waals surface area contributed by atoms with Crippen LogP contribution in [0.25, 0.3) is 15.9 Å². The number of thioether (sulfide) groups is 1. The zero-order valence-corrected chi connectivity index (χ0v) is 17.5. The molecule has 0 amide bonds. The summed E-state index contributed by atoms with van der Waals surface area (Å²) in [5.41, 5.74) is 3.19. The molecule has 0 aliphatic heterocycles. The quantitative estimate of drug-likeness (QED) is 0.579. The summed E-state index contributed by atoms with van der Waals surface area (Å²) in [7, 11) is 0. The first-order valence-electron chi connectivity index (χ1n) is 9.95. The second kappa shape index (κ2) is 7.16. The number of fused-ring (bicyclic) bond motifs is 3. The minimum absolute atomic E-state index is 0.0130. The highest BCUT2D eigenvalue weighted by molar-refractivity contribution is 8.00. The largest absolute Gasteiger partial charge is 0.298 e. The number of aromatic nitrogens is 2. The number of carbonyl (C=O) groups excluding carboxylic acids is 1. The fraction of sp³-hybridized carbons (Fsp3) is 0.409. The minimum Gasteiger partial charge on any atom is -0.298 e. The number of aryl methyl sites for hydroxylation is 3. The molecule has 2 aliphatic rings. The Bertz CT molecular complexity index is 1130. The Balaban J connectivity index is 1.71. The predicted molar refractivity (Wildman–Crippen MR) is 115 cm³/mol. The van der Waals surface area contributed by atoms with Gasteiger partial charge in [-0.3, -0.25) is 14.2 Å². The van der Waals surface area contributed by atoms with Crippen LogP contribution >= 0.6 is 23.1 Å². The Labute approximate surface area is 172 Å². The summed E-state index contributed by atoms with van der Waals surface area (Å²) in [4.78, 5) is 33.1. The Morgan fingerprint density at radius 1 is 1.07 bits per heavy atom. The van der Waals surface area contributed by atoms with Crippen LogP contribution in [-0.2, 0) is 17.6 Å². The Morgan fingerprint density at radius 3 is 2.68 bits per heavy atom. The molecule has 1 atom stereocenters. The minimum atomic E-state index is -0.0957. The average Bonchev–Trinajstić information content (AvgIpc) is 3.26. The third kappa shape index (κ3) is 3.03. The zero-order chi connectivity index (χ0) is 19.3. The third-order valence-electron chi connectivity index (χ3n) is 5.75. The van der Waals surface area contributed by atoms with Gasteiger partial charge in [0.25, 0.3) is 5.56 Å². The SMILES string of the molecule is Cc1ccc(-n2c(S[C@H]3CCCCC3=O)nc3sc4c(c3c2=O)CCC4)cc1. The smallest absolute Gasteiger partial charge is 0.267 e. The van der Waals surface area contributed by atoms with Crippen LogP contribution in [0.1, 0.15) is 48.1 Å². The van der Waals surface area contributed by atoms with Gasteiger partial charge in [-0.1, -0.05) is 35.9 Å². The van der Waals surface area contributed by atoms with Gasteiger partial charge in [0.05, 0.1) is 16.3 Å². The molecule has 2 heterocycles. The first-order valence-corrected chi connectivity index (χ1v) is 11.6. The van der Waals surface area contributed by atoms with E-state index < -0.39 is 0 Å². The number of hydrogen-bond acceptors (Lipinski definition) is 5. The van der Waals surface area contributed by atoms with Crippen LogP contribution in [0.15, 0.2) is 34.2 Å². The number of carbonyl (C=O) groups is 1. The van der Waals surface area contributed by atoms with Crippen LogP contribution < -0.4 is 5.56 Å². The van der Waals surface area contributed by atoms with Crippen molar-refractivity contribution < 1.29 is 4.79 Å². The highest BCUT2D eigenvalue weighted by atomic mass is 32.2. The lowest BCUT2D eigenvalue weighted by molar-refractivity contribution is -0.119. The number of hydrogen-bond donors (Lipinski definition) is 0. The molecule has 144 valence electrons. The molecule has 1 fully saturated rings.